The Balaban J connectivity index is 2.20. The second-order valence-corrected chi connectivity index (χ2v) is 6.54. The van der Waals surface area contributed by atoms with E-state index in [2.05, 4.69) is 38.5 Å². The summed E-state index contributed by atoms with van der Waals surface area (Å²) in [5.74, 6) is -0.683. The molecular weight excluding hydrogens is 458 g/mol. The van der Waals surface area contributed by atoms with Crippen molar-refractivity contribution in [2.24, 2.45) is 0 Å². The first-order chi connectivity index (χ1) is 9.47. The Labute approximate surface area is 143 Å². The predicted molar refractivity (Wildman–Crippen MR) is 89.6 cm³/mol. The summed E-state index contributed by atoms with van der Waals surface area (Å²) in [7, 11) is 0. The van der Waals surface area contributed by atoms with Gasteiger partial charge in [-0.05, 0) is 52.9 Å². The van der Waals surface area contributed by atoms with Crippen LogP contribution in [0.3, 0.4) is 0 Å². The molecule has 20 heavy (non-hydrogen) atoms. The van der Waals surface area contributed by atoms with Gasteiger partial charge in [0.05, 0.1) is 0 Å². The van der Waals surface area contributed by atoms with Crippen LogP contribution >= 0.6 is 50.1 Å². The molecule has 0 amide bonds. The van der Waals surface area contributed by atoms with Gasteiger partial charge in [-0.3, -0.25) is 0 Å². The van der Waals surface area contributed by atoms with E-state index in [4.69, 9.17) is 21.4 Å². The SMILES string of the molecule is O=C(O)c1cc(I)ccc1OCc1ccc(Br)cc1Cl. The van der Waals surface area contributed by atoms with Crippen LogP contribution in [0.5, 0.6) is 5.75 Å². The van der Waals surface area contributed by atoms with E-state index in [9.17, 15) is 4.79 Å². The van der Waals surface area contributed by atoms with Crippen LogP contribution in [0.4, 0.5) is 0 Å². The smallest absolute Gasteiger partial charge is 0.339 e. The number of carbonyl (C=O) groups is 1. The normalized spacial score (nSPS) is 10.3. The summed E-state index contributed by atoms with van der Waals surface area (Å²) in [6, 6.07) is 10.5. The third-order valence-electron chi connectivity index (χ3n) is 2.57. The second-order valence-electron chi connectivity index (χ2n) is 3.97. The molecule has 0 radical (unpaired) electrons. The molecule has 2 aromatic carbocycles. The summed E-state index contributed by atoms with van der Waals surface area (Å²) >= 11 is 11.5. The Morgan fingerprint density at radius 1 is 1.30 bits per heavy atom. The highest BCUT2D eigenvalue weighted by Crippen LogP contribution is 2.25. The molecule has 0 aromatic heterocycles. The van der Waals surface area contributed by atoms with Gasteiger partial charge in [-0.15, -0.1) is 0 Å². The summed E-state index contributed by atoms with van der Waals surface area (Å²) in [6.07, 6.45) is 0. The quantitative estimate of drug-likeness (QED) is 0.645. The number of benzene rings is 2. The van der Waals surface area contributed by atoms with Crippen LogP contribution in [0, 0.1) is 3.57 Å². The molecule has 0 unspecified atom stereocenters. The standard InChI is InChI=1S/C14H9BrClIO3/c15-9-2-1-8(12(16)5-9)7-20-13-4-3-10(17)6-11(13)14(18)19/h1-6H,7H2,(H,18,19). The molecular formula is C14H9BrClIO3. The lowest BCUT2D eigenvalue weighted by molar-refractivity contribution is 0.0691. The van der Waals surface area contributed by atoms with Crippen molar-refractivity contribution in [3.8, 4) is 5.75 Å². The Morgan fingerprint density at radius 2 is 2.05 bits per heavy atom. The summed E-state index contributed by atoms with van der Waals surface area (Å²) in [5, 5.41) is 9.73. The minimum atomic E-state index is -1.01. The van der Waals surface area contributed by atoms with Gasteiger partial charge in [0, 0.05) is 18.6 Å². The van der Waals surface area contributed by atoms with E-state index >= 15 is 0 Å². The fraction of sp³-hybridized carbons (Fsp3) is 0.0714. The maximum absolute atomic E-state index is 11.2. The lowest BCUT2D eigenvalue weighted by atomic mass is 10.2. The van der Waals surface area contributed by atoms with Crippen molar-refractivity contribution >= 4 is 56.1 Å². The highest BCUT2D eigenvalue weighted by atomic mass is 127. The fourth-order valence-corrected chi connectivity index (χ4v) is 2.81. The van der Waals surface area contributed by atoms with Crippen LogP contribution in [0.2, 0.25) is 5.02 Å². The number of halogens is 3. The summed E-state index contributed by atoms with van der Waals surface area (Å²) in [4.78, 5) is 11.2. The molecule has 2 rings (SSSR count). The fourth-order valence-electron chi connectivity index (χ4n) is 1.59. The largest absolute Gasteiger partial charge is 0.488 e. The van der Waals surface area contributed by atoms with Gasteiger partial charge in [-0.25, -0.2) is 4.79 Å². The zero-order valence-corrected chi connectivity index (χ0v) is 14.6. The number of hydrogen-bond donors (Lipinski definition) is 1. The average Bonchev–Trinajstić information content (AvgIpc) is 2.38. The molecule has 3 nitrogen and oxygen atoms in total. The zero-order chi connectivity index (χ0) is 14.7. The number of carboxylic acids is 1. The minimum absolute atomic E-state index is 0.144. The van der Waals surface area contributed by atoms with E-state index in [0.717, 1.165) is 13.6 Å². The molecule has 2 aromatic rings. The van der Waals surface area contributed by atoms with Crippen molar-refractivity contribution in [1.29, 1.82) is 0 Å². The molecule has 0 aliphatic rings. The maximum Gasteiger partial charge on any atom is 0.339 e. The van der Waals surface area contributed by atoms with Crippen molar-refractivity contribution in [2.75, 3.05) is 0 Å². The molecule has 0 saturated carbocycles. The van der Waals surface area contributed by atoms with E-state index in [1.807, 2.05) is 12.1 Å². The zero-order valence-electron chi connectivity index (χ0n) is 10.1. The Bertz CT molecular complexity index is 661. The molecule has 0 atom stereocenters. The monoisotopic (exact) mass is 466 g/mol. The minimum Gasteiger partial charge on any atom is -0.488 e. The van der Waals surface area contributed by atoms with Gasteiger partial charge in [0.2, 0.25) is 0 Å². The molecule has 0 aliphatic heterocycles. The average molecular weight is 467 g/mol. The Kier molecular flexibility index (Phi) is 5.29. The van der Waals surface area contributed by atoms with Crippen LogP contribution in [0.1, 0.15) is 15.9 Å². The number of ether oxygens (including phenoxy) is 1. The predicted octanol–water partition coefficient (Wildman–Crippen LogP) is 4.98. The molecule has 0 heterocycles. The Hall–Kier alpha value is -0.790. The van der Waals surface area contributed by atoms with Crippen molar-refractivity contribution in [2.45, 2.75) is 6.61 Å². The van der Waals surface area contributed by atoms with Crippen molar-refractivity contribution in [1.82, 2.24) is 0 Å². The van der Waals surface area contributed by atoms with Crippen LogP contribution in [-0.4, -0.2) is 11.1 Å². The van der Waals surface area contributed by atoms with E-state index in [1.165, 1.54) is 0 Å². The summed E-state index contributed by atoms with van der Waals surface area (Å²) in [5.41, 5.74) is 0.940. The molecule has 6 heteroatoms. The van der Waals surface area contributed by atoms with Gasteiger partial charge in [-0.2, -0.15) is 0 Å². The molecule has 0 aliphatic carbocycles. The van der Waals surface area contributed by atoms with Gasteiger partial charge < -0.3 is 9.84 Å². The number of rotatable bonds is 4. The summed E-state index contributed by atoms with van der Waals surface area (Å²) in [6.45, 7) is 0.215. The first-order valence-electron chi connectivity index (χ1n) is 5.57. The molecule has 0 spiro atoms. The van der Waals surface area contributed by atoms with E-state index in [1.54, 1.807) is 24.3 Å². The number of hydrogen-bond acceptors (Lipinski definition) is 2. The first kappa shape index (κ1) is 15.6. The van der Waals surface area contributed by atoms with Crippen LogP contribution in [0.25, 0.3) is 0 Å². The van der Waals surface area contributed by atoms with Crippen molar-refractivity contribution in [3.63, 3.8) is 0 Å². The molecule has 0 bridgehead atoms. The third-order valence-corrected chi connectivity index (χ3v) is 4.09. The van der Waals surface area contributed by atoms with Gasteiger partial charge >= 0.3 is 5.97 Å². The van der Waals surface area contributed by atoms with E-state index in [-0.39, 0.29) is 12.2 Å². The third kappa shape index (κ3) is 3.86. The topological polar surface area (TPSA) is 46.5 Å². The first-order valence-corrected chi connectivity index (χ1v) is 7.82. The van der Waals surface area contributed by atoms with Crippen molar-refractivity contribution in [3.05, 3.63) is 60.6 Å². The molecule has 104 valence electrons. The van der Waals surface area contributed by atoms with Gasteiger partial charge in [-0.1, -0.05) is 33.6 Å². The van der Waals surface area contributed by atoms with Crippen molar-refractivity contribution < 1.29 is 14.6 Å². The second kappa shape index (κ2) is 6.78. The lowest BCUT2D eigenvalue weighted by Crippen LogP contribution is -2.04. The van der Waals surface area contributed by atoms with Gasteiger partial charge in [0.25, 0.3) is 0 Å². The molecule has 1 N–H and O–H groups in total. The van der Waals surface area contributed by atoms with E-state index in [0.29, 0.717) is 10.8 Å². The summed E-state index contributed by atoms with van der Waals surface area (Å²) < 4.78 is 7.30. The highest BCUT2D eigenvalue weighted by Gasteiger charge is 2.12. The molecule has 0 fully saturated rings. The number of carboxylic acid groups (broad SMARTS) is 1. The number of aromatic carboxylic acids is 1. The van der Waals surface area contributed by atoms with E-state index < -0.39 is 5.97 Å². The van der Waals surface area contributed by atoms with Gasteiger partial charge in [0.15, 0.2) is 0 Å². The highest BCUT2D eigenvalue weighted by molar-refractivity contribution is 14.1. The molecule has 0 saturated heterocycles. The van der Waals surface area contributed by atoms with Gasteiger partial charge in [0.1, 0.15) is 17.9 Å². The Morgan fingerprint density at radius 3 is 2.70 bits per heavy atom. The van der Waals surface area contributed by atoms with Crippen LogP contribution in [-0.2, 0) is 6.61 Å². The lowest BCUT2D eigenvalue weighted by Gasteiger charge is -2.10. The maximum atomic E-state index is 11.2. The van der Waals surface area contributed by atoms with Crippen LogP contribution in [0.15, 0.2) is 40.9 Å². The van der Waals surface area contributed by atoms with Crippen LogP contribution < -0.4 is 4.74 Å².